The van der Waals surface area contributed by atoms with Crippen LogP contribution in [0.5, 0.6) is 0 Å². The number of cyclic esters (lactones) is 1. The fourth-order valence-electron chi connectivity index (χ4n) is 4.78. The lowest BCUT2D eigenvalue weighted by Crippen LogP contribution is -2.48. The van der Waals surface area contributed by atoms with Gasteiger partial charge in [0.15, 0.2) is 6.61 Å². The topological polar surface area (TPSA) is 104 Å². The van der Waals surface area contributed by atoms with Crippen LogP contribution in [0.15, 0.2) is 17.0 Å². The Morgan fingerprint density at radius 2 is 1.59 bits per heavy atom. The molecule has 10 heteroatoms. The van der Waals surface area contributed by atoms with E-state index >= 15 is 0 Å². The van der Waals surface area contributed by atoms with Crippen molar-refractivity contribution >= 4 is 33.6 Å². The highest BCUT2D eigenvalue weighted by Crippen LogP contribution is 2.39. The number of hydrogen-bond acceptors (Lipinski definition) is 6. The summed E-state index contributed by atoms with van der Waals surface area (Å²) in [6, 6.07) is 3.07. The first-order chi connectivity index (χ1) is 13.9. The minimum atomic E-state index is -3.69. The number of benzene rings is 1. The molecule has 4 heterocycles. The Labute approximate surface area is 168 Å². The summed E-state index contributed by atoms with van der Waals surface area (Å²) in [6.45, 7) is 0.840. The molecule has 0 saturated carbocycles. The van der Waals surface area contributed by atoms with Crippen molar-refractivity contribution in [2.24, 2.45) is 0 Å². The zero-order chi connectivity index (χ0) is 20.3. The molecule has 0 spiro atoms. The number of imide groups is 1. The molecule has 2 fully saturated rings. The molecule has 9 nitrogen and oxygen atoms in total. The van der Waals surface area contributed by atoms with E-state index in [0.29, 0.717) is 38.6 Å². The van der Waals surface area contributed by atoms with Crippen molar-refractivity contribution in [1.82, 2.24) is 9.21 Å². The minimum Gasteiger partial charge on any atom is -0.439 e. The van der Waals surface area contributed by atoms with Gasteiger partial charge in [0.25, 0.3) is 5.91 Å². The summed E-state index contributed by atoms with van der Waals surface area (Å²) < 4.78 is 32.7. The van der Waals surface area contributed by atoms with Crippen LogP contribution in [0, 0.1) is 0 Å². The third-order valence-corrected chi connectivity index (χ3v) is 8.11. The second kappa shape index (κ2) is 6.53. The van der Waals surface area contributed by atoms with E-state index < -0.39 is 16.1 Å². The number of hydrogen-bond donors (Lipinski definition) is 0. The van der Waals surface area contributed by atoms with E-state index in [1.165, 1.54) is 4.31 Å². The van der Waals surface area contributed by atoms with Crippen molar-refractivity contribution in [3.63, 3.8) is 0 Å². The number of amides is 3. The van der Waals surface area contributed by atoms with Crippen LogP contribution in [0.25, 0.3) is 0 Å². The third-order valence-electron chi connectivity index (χ3n) is 6.24. The van der Waals surface area contributed by atoms with Gasteiger partial charge >= 0.3 is 6.09 Å². The summed E-state index contributed by atoms with van der Waals surface area (Å²) in [5, 5.41) is 0. The van der Waals surface area contributed by atoms with Crippen molar-refractivity contribution in [1.29, 1.82) is 0 Å². The van der Waals surface area contributed by atoms with E-state index in [0.717, 1.165) is 21.7 Å². The first-order valence-electron chi connectivity index (χ1n) is 9.81. The molecular formula is C19H21N3O6S. The van der Waals surface area contributed by atoms with Crippen LogP contribution < -0.4 is 4.90 Å². The summed E-state index contributed by atoms with van der Waals surface area (Å²) >= 11 is 0. The Morgan fingerprint density at radius 3 is 2.24 bits per heavy atom. The summed E-state index contributed by atoms with van der Waals surface area (Å²) in [4.78, 5) is 38.8. The maximum atomic E-state index is 13.2. The maximum Gasteiger partial charge on any atom is 0.417 e. The van der Waals surface area contributed by atoms with Crippen molar-refractivity contribution in [2.45, 2.75) is 43.0 Å². The number of ether oxygens (including phenoxy) is 1. The molecule has 4 aliphatic heterocycles. The average Bonchev–Trinajstić information content (AvgIpc) is 3.29. The molecule has 0 bridgehead atoms. The van der Waals surface area contributed by atoms with E-state index in [1.807, 2.05) is 0 Å². The lowest BCUT2D eigenvalue weighted by molar-refractivity contribution is -0.127. The van der Waals surface area contributed by atoms with Crippen molar-refractivity contribution in [3.05, 3.63) is 23.3 Å². The molecule has 2 saturated heterocycles. The molecule has 0 aliphatic carbocycles. The molecule has 0 radical (unpaired) electrons. The fraction of sp³-hybridized carbons (Fsp3) is 0.526. The highest BCUT2D eigenvalue weighted by atomic mass is 32.2. The van der Waals surface area contributed by atoms with Crippen LogP contribution in [0.2, 0.25) is 0 Å². The zero-order valence-corrected chi connectivity index (χ0v) is 16.6. The number of carbonyl (C=O) groups excluding carboxylic acids is 3. The highest BCUT2D eigenvalue weighted by Gasteiger charge is 2.41. The number of aryl methyl sites for hydroxylation is 1. The summed E-state index contributed by atoms with van der Waals surface area (Å²) in [7, 11) is -3.69. The monoisotopic (exact) mass is 419 g/mol. The van der Waals surface area contributed by atoms with Crippen LogP contribution >= 0.6 is 0 Å². The van der Waals surface area contributed by atoms with Crippen LogP contribution in [-0.2, 0) is 37.2 Å². The van der Waals surface area contributed by atoms with E-state index in [9.17, 15) is 22.8 Å². The molecule has 0 aromatic heterocycles. The van der Waals surface area contributed by atoms with Crippen LogP contribution in [0.1, 0.15) is 30.4 Å². The number of anilines is 1. The molecule has 0 N–H and O–H groups in total. The number of rotatable bonds is 3. The van der Waals surface area contributed by atoms with Gasteiger partial charge in [-0.15, -0.1) is 0 Å². The predicted octanol–water partition coefficient (Wildman–Crippen LogP) is 0.654. The second-order valence-electron chi connectivity index (χ2n) is 7.84. The van der Waals surface area contributed by atoms with Crippen LogP contribution in [-0.4, -0.2) is 67.8 Å². The molecular weight excluding hydrogens is 398 g/mol. The van der Waals surface area contributed by atoms with Gasteiger partial charge in [0.05, 0.1) is 10.6 Å². The molecule has 4 aliphatic rings. The van der Waals surface area contributed by atoms with Crippen LogP contribution in [0.3, 0.4) is 0 Å². The summed E-state index contributed by atoms with van der Waals surface area (Å²) in [5.74, 6) is -0.267. The Morgan fingerprint density at radius 1 is 0.897 bits per heavy atom. The van der Waals surface area contributed by atoms with Crippen LogP contribution in [0.4, 0.5) is 10.5 Å². The number of piperidine rings is 1. The molecule has 1 aromatic rings. The van der Waals surface area contributed by atoms with Gasteiger partial charge in [-0.3, -0.25) is 9.59 Å². The zero-order valence-electron chi connectivity index (χ0n) is 15.8. The largest absolute Gasteiger partial charge is 0.439 e. The smallest absolute Gasteiger partial charge is 0.417 e. The quantitative estimate of drug-likeness (QED) is 0.713. The molecule has 154 valence electrons. The lowest BCUT2D eigenvalue weighted by atomic mass is 10.00. The average molecular weight is 419 g/mol. The van der Waals surface area contributed by atoms with E-state index in [1.54, 1.807) is 17.0 Å². The highest BCUT2D eigenvalue weighted by molar-refractivity contribution is 7.89. The van der Waals surface area contributed by atoms with E-state index in [4.69, 9.17) is 4.74 Å². The second-order valence-corrected chi connectivity index (χ2v) is 9.78. The fourth-order valence-corrected chi connectivity index (χ4v) is 6.35. The summed E-state index contributed by atoms with van der Waals surface area (Å²) in [5.41, 5.74) is 2.72. The lowest BCUT2D eigenvalue weighted by Gasteiger charge is -2.34. The van der Waals surface area contributed by atoms with Gasteiger partial charge in [-0.25, -0.2) is 18.1 Å². The van der Waals surface area contributed by atoms with Gasteiger partial charge in [0.2, 0.25) is 15.9 Å². The molecule has 1 aromatic carbocycles. The standard InChI is InChI=1S/C19H21N3O6S/c23-16-2-1-12-9-15(10-13-3-8-21(16)18(12)13)29(26,27)20-6-4-14(5-7-20)22-17(24)11-28-19(22)25/h9-10,14H,1-8,11H2. The van der Waals surface area contributed by atoms with Crippen molar-refractivity contribution in [2.75, 3.05) is 31.1 Å². The normalized spacial score (nSPS) is 23.0. The van der Waals surface area contributed by atoms with Gasteiger partial charge in [0, 0.05) is 32.1 Å². The first kappa shape index (κ1) is 18.6. The van der Waals surface area contributed by atoms with Gasteiger partial charge in [-0.1, -0.05) is 0 Å². The molecule has 0 unspecified atom stereocenters. The van der Waals surface area contributed by atoms with Crippen molar-refractivity contribution in [3.8, 4) is 0 Å². The Hall–Kier alpha value is -2.46. The Kier molecular flexibility index (Phi) is 4.18. The van der Waals surface area contributed by atoms with Gasteiger partial charge in [-0.05, 0) is 48.9 Å². The minimum absolute atomic E-state index is 0.101. The third kappa shape index (κ3) is 2.84. The maximum absolute atomic E-state index is 13.2. The van der Waals surface area contributed by atoms with E-state index in [2.05, 4.69) is 0 Å². The molecule has 5 rings (SSSR count). The number of sulfonamides is 1. The van der Waals surface area contributed by atoms with E-state index in [-0.39, 0.29) is 42.4 Å². The molecule has 3 amide bonds. The Bertz CT molecular complexity index is 1010. The van der Waals surface area contributed by atoms with Gasteiger partial charge < -0.3 is 9.64 Å². The SMILES string of the molecule is O=C1CCc2cc(S(=O)(=O)N3CCC(N4C(=O)COC4=O)CC3)cc3c2N1CC3. The van der Waals surface area contributed by atoms with Gasteiger partial charge in [-0.2, -0.15) is 4.31 Å². The van der Waals surface area contributed by atoms with Gasteiger partial charge in [0.1, 0.15) is 0 Å². The predicted molar refractivity (Wildman–Crippen MR) is 101 cm³/mol. The first-order valence-corrected chi connectivity index (χ1v) is 11.3. The summed E-state index contributed by atoms with van der Waals surface area (Å²) in [6.07, 6.45) is 1.76. The number of carbonyl (C=O) groups is 3. The molecule has 0 atom stereocenters. The Balaban J connectivity index is 1.37. The van der Waals surface area contributed by atoms with Crippen molar-refractivity contribution < 1.29 is 27.5 Å². The molecule has 29 heavy (non-hydrogen) atoms. The number of nitrogens with zero attached hydrogens (tertiary/aromatic N) is 3.